The third-order valence-corrected chi connectivity index (χ3v) is 12.2. The highest BCUT2D eigenvalue weighted by molar-refractivity contribution is 7.86. The van der Waals surface area contributed by atoms with Gasteiger partial charge in [-0.15, -0.1) is 43.0 Å². The van der Waals surface area contributed by atoms with E-state index in [0.29, 0.717) is 51.3 Å². The molecule has 7 aromatic rings. The third kappa shape index (κ3) is 23.9. The maximum atomic E-state index is 12.3. The number of azo groups is 4. The van der Waals surface area contributed by atoms with E-state index in [0.717, 1.165) is 22.8 Å². The van der Waals surface area contributed by atoms with E-state index in [1.54, 1.807) is 73.7 Å². The summed E-state index contributed by atoms with van der Waals surface area (Å²) in [4.78, 5) is 14.1. The number of aromatic nitrogens is 3. The molecule has 0 spiro atoms. The number of nitrogens with zero attached hydrogens (tertiary/aromatic N) is 12. The molecule has 0 amide bonds. The highest BCUT2D eigenvalue weighted by atomic mass is 32.2. The monoisotopic (exact) mass is 1230 g/mol. The van der Waals surface area contributed by atoms with Gasteiger partial charge in [-0.05, 0) is 127 Å². The lowest BCUT2D eigenvalue weighted by atomic mass is 10.1. The van der Waals surface area contributed by atoms with Gasteiger partial charge in [0.25, 0.3) is 30.4 Å². The molecular weight excluding hydrogens is 1190 g/mol. The van der Waals surface area contributed by atoms with Gasteiger partial charge in [0.15, 0.2) is 0 Å². The topological polar surface area (TPSA) is 458 Å². The Morgan fingerprint density at radius 2 is 0.790 bits per heavy atom. The van der Waals surface area contributed by atoms with Gasteiger partial charge >= 0.3 is 31.8 Å². The van der Waals surface area contributed by atoms with Crippen LogP contribution in [0.25, 0.3) is 0 Å². The fourth-order valence-corrected chi connectivity index (χ4v) is 8.13. The molecule has 6 aromatic carbocycles. The summed E-state index contributed by atoms with van der Waals surface area (Å²) < 4.78 is 175. The smallest absolute Gasteiger partial charge is 0.327 e. The molecule has 0 atom stereocenters. The molecular formula is C45H40N12O18S6. The minimum atomic E-state index is -4.72. The van der Waals surface area contributed by atoms with Crippen LogP contribution in [0, 0.1) is 13.8 Å². The standard InChI is InChI=1S/C45H40N12O9S3.3O3S/c1-29-23-31(9-20-39(29)54-52-35-13-11-34(12-14-35)50-51-36-15-18-38(19-16-36)68(61,62)63)25-43-46-44(48-45(47-43)57(3)28-67(58,59)60)26-32-10-21-40(30(2)24-32)55-56-41-22-17-37(27-42(41)69(64,65)66)53-49-33-7-5-4-6-8-33;3*1-4(2)3/h4-24,27H,25-26,28H2,1-3H3,(H,58,59,60)(H,61,62,63)(H,64,65,66);;;. The maximum Gasteiger partial charge on any atom is 0.425 e. The van der Waals surface area contributed by atoms with E-state index in [1.807, 2.05) is 31.2 Å². The second kappa shape index (κ2) is 29.9. The first kappa shape index (κ1) is 64.6. The molecule has 0 aliphatic rings. The molecule has 7 rings (SSSR count). The summed E-state index contributed by atoms with van der Waals surface area (Å²) >= 11 is 0. The molecule has 0 saturated heterocycles. The van der Waals surface area contributed by atoms with Crippen molar-refractivity contribution < 1.29 is 76.8 Å². The van der Waals surface area contributed by atoms with Crippen LogP contribution in [0.4, 0.5) is 51.4 Å². The van der Waals surface area contributed by atoms with Crippen LogP contribution in [0.15, 0.2) is 184 Å². The quantitative estimate of drug-likeness (QED) is 0.0572. The normalized spacial score (nSPS) is 11.5. The predicted molar refractivity (Wildman–Crippen MR) is 284 cm³/mol. The molecule has 0 aliphatic heterocycles. The zero-order valence-corrected chi connectivity index (χ0v) is 46.5. The number of benzene rings is 6. The molecule has 0 saturated carbocycles. The first-order valence-corrected chi connectivity index (χ1v) is 29.3. The molecule has 1 aromatic heterocycles. The SMILES string of the molecule is Cc1cc(Cc2nc(Cc3ccc(N=Nc4ccc(N=Nc5ccccc5)cc4S(=O)(=O)O)c(C)c3)nc(N(C)CS(=O)(=O)O)n2)ccc1N=Nc1ccc(N=Nc2ccc(S(=O)(=O)O)cc2)cc1.O=S(=O)=O.O=S(=O)=O.O=S(=O)=O. The van der Waals surface area contributed by atoms with Gasteiger partial charge in [-0.25, -0.2) is 4.98 Å². The van der Waals surface area contributed by atoms with E-state index < -0.39 is 73.0 Å². The summed E-state index contributed by atoms with van der Waals surface area (Å²) in [6.07, 6.45) is 0.407. The van der Waals surface area contributed by atoms with E-state index in [2.05, 4.69) is 50.9 Å². The third-order valence-electron chi connectivity index (χ3n) is 9.72. The lowest BCUT2D eigenvalue weighted by Crippen LogP contribution is -2.28. The highest BCUT2D eigenvalue weighted by Gasteiger charge is 2.19. The van der Waals surface area contributed by atoms with Crippen molar-refractivity contribution in [2.45, 2.75) is 36.5 Å². The van der Waals surface area contributed by atoms with Crippen molar-refractivity contribution in [3.63, 3.8) is 0 Å². The molecule has 0 aliphatic carbocycles. The van der Waals surface area contributed by atoms with Crippen LogP contribution in [0.3, 0.4) is 0 Å². The van der Waals surface area contributed by atoms with Gasteiger partial charge in [-0.1, -0.05) is 42.5 Å². The van der Waals surface area contributed by atoms with Gasteiger partial charge in [-0.3, -0.25) is 13.7 Å². The predicted octanol–water partition coefficient (Wildman–Crippen LogP) is 8.09. The van der Waals surface area contributed by atoms with Gasteiger partial charge in [0.2, 0.25) is 5.95 Å². The Kier molecular flexibility index (Phi) is 23.9. The molecule has 36 heteroatoms. The van der Waals surface area contributed by atoms with E-state index in [1.165, 1.54) is 48.3 Å². The van der Waals surface area contributed by atoms with E-state index in [4.69, 9.17) is 47.4 Å². The summed E-state index contributed by atoms with van der Waals surface area (Å²) in [5.74, 6) is -0.128. The highest BCUT2D eigenvalue weighted by Crippen LogP contribution is 2.33. The summed E-state index contributed by atoms with van der Waals surface area (Å²) in [5, 5.41) is 33.5. The van der Waals surface area contributed by atoms with Crippen LogP contribution in [-0.4, -0.2) is 105 Å². The van der Waals surface area contributed by atoms with Crippen molar-refractivity contribution in [1.29, 1.82) is 0 Å². The lowest BCUT2D eigenvalue weighted by molar-refractivity contribution is 0.480. The molecule has 0 radical (unpaired) electrons. The zero-order valence-electron chi connectivity index (χ0n) is 41.6. The van der Waals surface area contributed by atoms with Crippen molar-refractivity contribution >= 4 is 114 Å². The number of rotatable bonds is 17. The average Bonchev–Trinajstić information content (AvgIpc) is 3.41. The molecule has 0 fully saturated rings. The molecule has 0 unspecified atom stereocenters. The van der Waals surface area contributed by atoms with E-state index in [-0.39, 0.29) is 35.1 Å². The second-order valence-electron chi connectivity index (χ2n) is 15.8. The Hall–Kier alpha value is -8.88. The lowest BCUT2D eigenvalue weighted by Gasteiger charge is -2.17. The van der Waals surface area contributed by atoms with Crippen LogP contribution < -0.4 is 4.90 Å². The van der Waals surface area contributed by atoms with Crippen LogP contribution in [0.5, 0.6) is 0 Å². The number of aryl methyl sites for hydroxylation is 2. The molecule has 30 nitrogen and oxygen atoms in total. The van der Waals surface area contributed by atoms with Crippen LogP contribution >= 0.6 is 0 Å². The van der Waals surface area contributed by atoms with Crippen molar-refractivity contribution in [3.05, 3.63) is 167 Å². The average molecular weight is 1230 g/mol. The van der Waals surface area contributed by atoms with Gasteiger partial charge in [0, 0.05) is 19.9 Å². The Morgan fingerprint density at radius 1 is 0.432 bits per heavy atom. The number of hydrogen-bond acceptors (Lipinski definition) is 27. The Labute approximate surface area is 465 Å². The molecule has 0 bridgehead atoms. The van der Waals surface area contributed by atoms with Gasteiger partial charge in [0.1, 0.15) is 28.1 Å². The largest absolute Gasteiger partial charge is 0.425 e. The van der Waals surface area contributed by atoms with Crippen molar-refractivity contribution in [2.75, 3.05) is 17.8 Å². The minimum Gasteiger partial charge on any atom is -0.327 e. The Morgan fingerprint density at radius 3 is 1.20 bits per heavy atom. The van der Waals surface area contributed by atoms with Gasteiger partial charge in [-0.2, -0.15) is 71.0 Å². The fraction of sp³-hybridized carbons (Fsp3) is 0.133. The summed E-state index contributed by atoms with van der Waals surface area (Å²) in [6, 6.07) is 35.6. The molecule has 3 N–H and O–H groups in total. The zero-order chi connectivity index (χ0) is 60.1. The van der Waals surface area contributed by atoms with Gasteiger partial charge in [0.05, 0.1) is 44.7 Å². The van der Waals surface area contributed by atoms with Crippen LogP contribution in [-0.2, 0) is 75.0 Å². The molecule has 424 valence electrons. The minimum absolute atomic E-state index is 0.0147. The number of hydrogen-bond donors (Lipinski definition) is 3. The van der Waals surface area contributed by atoms with Gasteiger partial charge < -0.3 is 4.90 Å². The summed E-state index contributed by atoms with van der Waals surface area (Å²) in [6.45, 7) is 3.64. The van der Waals surface area contributed by atoms with E-state index in [9.17, 15) is 34.4 Å². The van der Waals surface area contributed by atoms with Crippen molar-refractivity contribution in [1.82, 2.24) is 15.0 Å². The maximum absolute atomic E-state index is 12.3. The molecule has 81 heavy (non-hydrogen) atoms. The Bertz CT molecular complexity index is 4160. The van der Waals surface area contributed by atoms with Crippen molar-refractivity contribution in [3.8, 4) is 0 Å². The fourth-order valence-electron chi connectivity index (χ4n) is 6.40. The first-order chi connectivity index (χ1) is 37.9. The summed E-state index contributed by atoms with van der Waals surface area (Å²) in [5.41, 5.74) is 6.05. The summed E-state index contributed by atoms with van der Waals surface area (Å²) in [7, 11) is -21.4. The number of anilines is 1. The van der Waals surface area contributed by atoms with Crippen molar-refractivity contribution in [2.24, 2.45) is 40.9 Å². The first-order valence-electron chi connectivity index (χ1n) is 21.8. The van der Waals surface area contributed by atoms with E-state index >= 15 is 0 Å². The van der Waals surface area contributed by atoms with Crippen LogP contribution in [0.1, 0.15) is 33.9 Å². The Balaban J connectivity index is 0.00000107. The molecule has 1 heterocycles. The second-order valence-corrected chi connectivity index (χ2v) is 21.3. The van der Waals surface area contributed by atoms with Crippen LogP contribution in [0.2, 0.25) is 0 Å².